The molecule has 90 valence electrons. The van der Waals surface area contributed by atoms with Gasteiger partial charge in [0.1, 0.15) is 17.3 Å². The maximum atomic E-state index is 4.45. The molecule has 0 aliphatic rings. The van der Waals surface area contributed by atoms with Gasteiger partial charge in [0.2, 0.25) is 0 Å². The first kappa shape index (κ1) is 11.6. The predicted octanol–water partition coefficient (Wildman–Crippen LogP) is 2.99. The molecule has 0 aliphatic carbocycles. The van der Waals surface area contributed by atoms with Crippen LogP contribution in [0, 0.1) is 6.92 Å². The Balaban J connectivity index is 2.69. The van der Waals surface area contributed by atoms with E-state index < -0.39 is 0 Å². The largest absolute Gasteiger partial charge is 0.314 e. The molecule has 2 rings (SSSR count). The first-order valence-electron chi connectivity index (χ1n) is 5.75. The van der Waals surface area contributed by atoms with Crippen molar-refractivity contribution in [2.75, 3.05) is 0 Å². The molecule has 0 amide bonds. The molecule has 2 aromatic heterocycles. The standard InChI is InChI=1S/C13H18N4/c1-9(2)12-13(16-7-6-14-11(16)5)17(8-15-12)10(3)4/h6-8,10H,1H2,2-5H3. The smallest absolute Gasteiger partial charge is 0.146 e. The van der Waals surface area contributed by atoms with Crippen molar-refractivity contribution in [2.24, 2.45) is 0 Å². The molecule has 0 spiro atoms. The van der Waals surface area contributed by atoms with Gasteiger partial charge in [0, 0.05) is 18.4 Å². The maximum Gasteiger partial charge on any atom is 0.146 e. The Morgan fingerprint density at radius 3 is 2.53 bits per heavy atom. The van der Waals surface area contributed by atoms with Crippen LogP contribution in [0.15, 0.2) is 25.3 Å². The van der Waals surface area contributed by atoms with Gasteiger partial charge in [-0.1, -0.05) is 6.58 Å². The topological polar surface area (TPSA) is 35.6 Å². The van der Waals surface area contributed by atoms with E-state index in [1.807, 2.05) is 26.4 Å². The molecular weight excluding hydrogens is 212 g/mol. The van der Waals surface area contributed by atoms with Gasteiger partial charge in [-0.25, -0.2) is 9.97 Å². The predicted molar refractivity (Wildman–Crippen MR) is 69.2 cm³/mol. The van der Waals surface area contributed by atoms with Crippen LogP contribution >= 0.6 is 0 Å². The first-order valence-corrected chi connectivity index (χ1v) is 5.75. The highest BCUT2D eigenvalue weighted by Crippen LogP contribution is 2.24. The number of imidazole rings is 2. The van der Waals surface area contributed by atoms with E-state index in [1.165, 1.54) is 0 Å². The van der Waals surface area contributed by atoms with E-state index in [0.717, 1.165) is 22.9 Å². The van der Waals surface area contributed by atoms with Gasteiger partial charge < -0.3 is 4.57 Å². The second kappa shape index (κ2) is 4.20. The molecular formula is C13H18N4. The van der Waals surface area contributed by atoms with Crippen molar-refractivity contribution in [3.8, 4) is 5.82 Å². The van der Waals surface area contributed by atoms with Gasteiger partial charge in [-0.2, -0.15) is 0 Å². The molecule has 0 fully saturated rings. The molecule has 0 aliphatic heterocycles. The summed E-state index contributed by atoms with van der Waals surface area (Å²) in [6.45, 7) is 12.2. The number of nitrogens with zero attached hydrogens (tertiary/aromatic N) is 4. The number of allylic oxidation sites excluding steroid dienone is 1. The third-order valence-electron chi connectivity index (χ3n) is 2.78. The van der Waals surface area contributed by atoms with Crippen LogP contribution in [-0.2, 0) is 0 Å². The summed E-state index contributed by atoms with van der Waals surface area (Å²) in [7, 11) is 0. The van der Waals surface area contributed by atoms with E-state index in [0.29, 0.717) is 6.04 Å². The average Bonchev–Trinajstić information content (AvgIpc) is 2.82. The lowest BCUT2D eigenvalue weighted by Gasteiger charge is -2.15. The summed E-state index contributed by atoms with van der Waals surface area (Å²) < 4.78 is 4.19. The van der Waals surface area contributed by atoms with E-state index in [2.05, 4.69) is 39.5 Å². The van der Waals surface area contributed by atoms with Crippen LogP contribution in [0.3, 0.4) is 0 Å². The fourth-order valence-corrected chi connectivity index (χ4v) is 1.87. The molecule has 2 heterocycles. The zero-order chi connectivity index (χ0) is 12.6. The van der Waals surface area contributed by atoms with E-state index in [1.54, 1.807) is 6.20 Å². The SMILES string of the molecule is C=C(C)c1ncn(C(C)C)c1-n1ccnc1C. The molecule has 0 saturated heterocycles. The van der Waals surface area contributed by atoms with Gasteiger partial charge in [-0.3, -0.25) is 4.57 Å². The van der Waals surface area contributed by atoms with Crippen molar-refractivity contribution >= 4 is 5.57 Å². The van der Waals surface area contributed by atoms with Crippen molar-refractivity contribution in [2.45, 2.75) is 33.7 Å². The molecule has 0 aromatic carbocycles. The normalized spacial score (nSPS) is 11.1. The van der Waals surface area contributed by atoms with Gasteiger partial charge >= 0.3 is 0 Å². The fourth-order valence-electron chi connectivity index (χ4n) is 1.87. The minimum absolute atomic E-state index is 0.354. The number of hydrogen-bond donors (Lipinski definition) is 0. The van der Waals surface area contributed by atoms with Crippen LogP contribution in [0.1, 0.15) is 38.3 Å². The van der Waals surface area contributed by atoms with Crippen LogP contribution in [0.25, 0.3) is 11.4 Å². The van der Waals surface area contributed by atoms with Crippen molar-refractivity contribution in [1.29, 1.82) is 0 Å². The monoisotopic (exact) mass is 230 g/mol. The Hall–Kier alpha value is -1.84. The summed E-state index contributed by atoms with van der Waals surface area (Å²) in [5.41, 5.74) is 1.90. The summed E-state index contributed by atoms with van der Waals surface area (Å²) in [5.74, 6) is 2.00. The van der Waals surface area contributed by atoms with Gasteiger partial charge in [0.15, 0.2) is 0 Å². The van der Waals surface area contributed by atoms with Gasteiger partial charge in [-0.05, 0) is 33.3 Å². The Kier molecular flexibility index (Phi) is 2.88. The molecule has 2 aromatic rings. The summed E-state index contributed by atoms with van der Waals surface area (Å²) in [5, 5.41) is 0. The van der Waals surface area contributed by atoms with Gasteiger partial charge in [-0.15, -0.1) is 0 Å². The molecule has 4 nitrogen and oxygen atoms in total. The highest BCUT2D eigenvalue weighted by Gasteiger charge is 2.16. The molecule has 0 radical (unpaired) electrons. The Morgan fingerprint density at radius 1 is 1.35 bits per heavy atom. The molecule has 4 heteroatoms. The van der Waals surface area contributed by atoms with Crippen LogP contribution < -0.4 is 0 Å². The number of aryl methyl sites for hydroxylation is 1. The van der Waals surface area contributed by atoms with E-state index in [9.17, 15) is 0 Å². The summed E-state index contributed by atoms with van der Waals surface area (Å²) in [4.78, 5) is 8.71. The van der Waals surface area contributed by atoms with Crippen LogP contribution in [-0.4, -0.2) is 19.1 Å². The lowest BCUT2D eigenvalue weighted by atomic mass is 10.2. The van der Waals surface area contributed by atoms with E-state index in [4.69, 9.17) is 0 Å². The number of aromatic nitrogens is 4. The lowest BCUT2D eigenvalue weighted by Crippen LogP contribution is -2.09. The minimum Gasteiger partial charge on any atom is -0.314 e. The van der Waals surface area contributed by atoms with Gasteiger partial charge in [0.25, 0.3) is 0 Å². The Bertz CT molecular complexity index is 546. The summed E-state index contributed by atoms with van der Waals surface area (Å²) >= 11 is 0. The Morgan fingerprint density at radius 2 is 2.06 bits per heavy atom. The highest BCUT2D eigenvalue weighted by molar-refractivity contribution is 5.64. The van der Waals surface area contributed by atoms with Crippen molar-refractivity contribution in [3.63, 3.8) is 0 Å². The molecule has 0 atom stereocenters. The summed E-state index contributed by atoms with van der Waals surface area (Å²) in [6, 6.07) is 0.354. The van der Waals surface area contributed by atoms with Crippen LogP contribution in [0.2, 0.25) is 0 Å². The quantitative estimate of drug-likeness (QED) is 0.812. The molecule has 0 saturated carbocycles. The van der Waals surface area contributed by atoms with Crippen molar-refractivity contribution < 1.29 is 0 Å². The average molecular weight is 230 g/mol. The maximum absolute atomic E-state index is 4.45. The van der Waals surface area contributed by atoms with Crippen molar-refractivity contribution in [1.82, 2.24) is 19.1 Å². The minimum atomic E-state index is 0.354. The van der Waals surface area contributed by atoms with Crippen LogP contribution in [0.4, 0.5) is 0 Å². The fraction of sp³-hybridized carbons (Fsp3) is 0.385. The third kappa shape index (κ3) is 1.90. The van der Waals surface area contributed by atoms with E-state index >= 15 is 0 Å². The van der Waals surface area contributed by atoms with Crippen LogP contribution in [0.5, 0.6) is 0 Å². The lowest BCUT2D eigenvalue weighted by molar-refractivity contribution is 0.584. The second-order valence-electron chi connectivity index (χ2n) is 4.54. The molecule has 0 bridgehead atoms. The molecule has 17 heavy (non-hydrogen) atoms. The number of hydrogen-bond acceptors (Lipinski definition) is 2. The molecule has 0 unspecified atom stereocenters. The zero-order valence-corrected chi connectivity index (χ0v) is 10.8. The highest BCUT2D eigenvalue weighted by atomic mass is 15.2. The third-order valence-corrected chi connectivity index (χ3v) is 2.78. The summed E-state index contributed by atoms with van der Waals surface area (Å²) in [6.07, 6.45) is 5.62. The van der Waals surface area contributed by atoms with Crippen molar-refractivity contribution in [3.05, 3.63) is 36.8 Å². The zero-order valence-electron chi connectivity index (χ0n) is 10.8. The molecule has 0 N–H and O–H groups in total. The van der Waals surface area contributed by atoms with E-state index in [-0.39, 0.29) is 0 Å². The van der Waals surface area contributed by atoms with Gasteiger partial charge in [0.05, 0.1) is 6.33 Å². The second-order valence-corrected chi connectivity index (χ2v) is 4.54. The Labute approximate surface area is 102 Å². The number of rotatable bonds is 3. The first-order chi connectivity index (χ1) is 8.02.